The highest BCUT2D eigenvalue weighted by Gasteiger charge is 1.98. The molecule has 0 N–H and O–H groups in total. The minimum atomic E-state index is 0.532. The van der Waals surface area contributed by atoms with Gasteiger partial charge >= 0.3 is 0 Å². The van der Waals surface area contributed by atoms with E-state index in [-0.39, 0.29) is 0 Å². The first-order chi connectivity index (χ1) is 15.8. The number of methoxy groups -OCH3 is 1. The first-order valence-electron chi connectivity index (χ1n) is 10.1. The molecule has 32 heavy (non-hydrogen) atoms. The van der Waals surface area contributed by atoms with Crippen molar-refractivity contribution in [3.63, 3.8) is 0 Å². The van der Waals surface area contributed by atoms with Gasteiger partial charge < -0.3 is 9.47 Å². The molecule has 6 nitrogen and oxygen atoms in total. The molecular weight excluding hydrogens is 400 g/mol. The van der Waals surface area contributed by atoms with Crippen molar-refractivity contribution >= 4 is 22.7 Å². The molecule has 0 aliphatic rings. The average Bonchev–Trinajstić information content (AvgIpc) is 2.87. The maximum absolute atomic E-state index is 5.79. The molecule has 0 atom stereocenters. The fourth-order valence-electron chi connectivity index (χ4n) is 2.82. The summed E-state index contributed by atoms with van der Waals surface area (Å²) in [7, 11) is 1.63. The van der Waals surface area contributed by atoms with Crippen LogP contribution in [0.2, 0.25) is 0 Å². The fourth-order valence-corrected chi connectivity index (χ4v) is 2.82. The Labute approximate surface area is 186 Å². The van der Waals surface area contributed by atoms with Gasteiger partial charge in [-0.3, -0.25) is 0 Å². The zero-order valence-corrected chi connectivity index (χ0v) is 17.6. The van der Waals surface area contributed by atoms with Crippen LogP contribution >= 0.6 is 0 Å². The normalized spacial score (nSPS) is 11.2. The number of hydrogen-bond acceptors (Lipinski definition) is 6. The lowest BCUT2D eigenvalue weighted by Crippen LogP contribution is -1.94. The van der Waals surface area contributed by atoms with Crippen molar-refractivity contribution in [1.82, 2.24) is 0 Å². The van der Waals surface area contributed by atoms with E-state index in [1.165, 1.54) is 0 Å². The predicted molar refractivity (Wildman–Crippen MR) is 125 cm³/mol. The number of nitrogens with zero attached hydrogens (tertiary/aromatic N) is 4. The summed E-state index contributed by atoms with van der Waals surface area (Å²) in [5.74, 6) is 1.58. The van der Waals surface area contributed by atoms with Crippen LogP contribution in [0, 0.1) is 0 Å². The van der Waals surface area contributed by atoms with Crippen LogP contribution in [0.15, 0.2) is 124 Å². The number of benzene rings is 4. The average molecular weight is 422 g/mol. The van der Waals surface area contributed by atoms with E-state index in [4.69, 9.17) is 9.47 Å². The Morgan fingerprint density at radius 3 is 1.34 bits per heavy atom. The van der Waals surface area contributed by atoms with Gasteiger partial charge in [0.15, 0.2) is 0 Å². The summed E-state index contributed by atoms with van der Waals surface area (Å²) in [5, 5.41) is 17.0. The van der Waals surface area contributed by atoms with Crippen LogP contribution in [0.25, 0.3) is 0 Å². The molecule has 0 spiro atoms. The highest BCUT2D eigenvalue weighted by atomic mass is 16.5. The van der Waals surface area contributed by atoms with Crippen molar-refractivity contribution in [2.24, 2.45) is 20.5 Å². The molecule has 4 aromatic rings. The molecule has 0 aliphatic heterocycles. The molecule has 0 amide bonds. The van der Waals surface area contributed by atoms with Crippen LogP contribution in [-0.4, -0.2) is 7.11 Å². The quantitative estimate of drug-likeness (QED) is 0.269. The van der Waals surface area contributed by atoms with Gasteiger partial charge in [0, 0.05) is 0 Å². The van der Waals surface area contributed by atoms with Crippen LogP contribution in [0.4, 0.5) is 22.7 Å². The minimum absolute atomic E-state index is 0.532. The fraction of sp³-hybridized carbons (Fsp3) is 0.0769. The molecule has 0 saturated heterocycles. The Kier molecular flexibility index (Phi) is 6.95. The highest BCUT2D eigenvalue weighted by molar-refractivity contribution is 5.49. The van der Waals surface area contributed by atoms with Gasteiger partial charge in [0.25, 0.3) is 0 Å². The van der Waals surface area contributed by atoms with E-state index >= 15 is 0 Å². The molecule has 0 aromatic heterocycles. The smallest absolute Gasteiger partial charge is 0.119 e. The summed E-state index contributed by atoms with van der Waals surface area (Å²) in [6.45, 7) is 0.532. The second-order valence-electron chi connectivity index (χ2n) is 6.88. The first-order valence-corrected chi connectivity index (χ1v) is 10.1. The third-order valence-electron chi connectivity index (χ3n) is 4.57. The van der Waals surface area contributed by atoms with Gasteiger partial charge in [-0.1, -0.05) is 30.3 Å². The zero-order valence-electron chi connectivity index (χ0n) is 17.6. The Bertz CT molecular complexity index is 1170. The van der Waals surface area contributed by atoms with E-state index < -0.39 is 0 Å². The van der Waals surface area contributed by atoms with E-state index in [1.54, 1.807) is 7.11 Å². The third-order valence-corrected chi connectivity index (χ3v) is 4.57. The standard InChI is InChI=1S/C26H22N4O2/c1-31-25-15-11-23(12-16-25)29-27-21-7-9-22(10-8-21)28-30-24-13-17-26(18-14-24)32-19-20-5-3-2-4-6-20/h2-18H,19H2,1H3. The Morgan fingerprint density at radius 1 is 0.500 bits per heavy atom. The zero-order chi connectivity index (χ0) is 22.0. The molecule has 6 heteroatoms. The molecule has 0 fully saturated rings. The van der Waals surface area contributed by atoms with Crippen LogP contribution in [0.5, 0.6) is 11.5 Å². The second kappa shape index (κ2) is 10.6. The van der Waals surface area contributed by atoms with E-state index in [2.05, 4.69) is 20.5 Å². The van der Waals surface area contributed by atoms with Crippen molar-refractivity contribution in [1.29, 1.82) is 0 Å². The maximum atomic E-state index is 5.79. The van der Waals surface area contributed by atoms with Gasteiger partial charge in [-0.15, -0.1) is 0 Å². The maximum Gasteiger partial charge on any atom is 0.119 e. The monoisotopic (exact) mass is 422 g/mol. The lowest BCUT2D eigenvalue weighted by Gasteiger charge is -2.06. The van der Waals surface area contributed by atoms with Gasteiger partial charge in [-0.2, -0.15) is 20.5 Å². The Morgan fingerprint density at radius 2 is 0.906 bits per heavy atom. The largest absolute Gasteiger partial charge is 0.497 e. The third kappa shape index (κ3) is 6.09. The predicted octanol–water partition coefficient (Wildman–Crippen LogP) is 8.11. The van der Waals surface area contributed by atoms with E-state index in [1.807, 2.05) is 103 Å². The van der Waals surface area contributed by atoms with Crippen molar-refractivity contribution < 1.29 is 9.47 Å². The summed E-state index contributed by atoms with van der Waals surface area (Å²) >= 11 is 0. The van der Waals surface area contributed by atoms with Gasteiger partial charge in [-0.25, -0.2) is 0 Å². The second-order valence-corrected chi connectivity index (χ2v) is 6.88. The molecule has 0 radical (unpaired) electrons. The molecule has 0 heterocycles. The number of rotatable bonds is 8. The van der Waals surface area contributed by atoms with E-state index in [0.29, 0.717) is 6.61 Å². The first kappa shape index (κ1) is 20.9. The highest BCUT2D eigenvalue weighted by Crippen LogP contribution is 2.25. The van der Waals surface area contributed by atoms with Gasteiger partial charge in [0.1, 0.15) is 18.1 Å². The van der Waals surface area contributed by atoms with Gasteiger partial charge in [-0.05, 0) is 78.4 Å². The molecule has 0 saturated carbocycles. The summed E-state index contributed by atoms with van der Waals surface area (Å²) in [6, 6.07) is 32.4. The lowest BCUT2D eigenvalue weighted by molar-refractivity contribution is 0.306. The SMILES string of the molecule is COc1ccc(N=Nc2ccc(N=Nc3ccc(OCc4ccccc4)cc3)cc2)cc1. The van der Waals surface area contributed by atoms with Gasteiger partial charge in [0.2, 0.25) is 0 Å². The molecule has 0 aliphatic carbocycles. The number of azo groups is 2. The van der Waals surface area contributed by atoms with Gasteiger partial charge in [0.05, 0.1) is 29.9 Å². The minimum Gasteiger partial charge on any atom is -0.497 e. The van der Waals surface area contributed by atoms with Crippen molar-refractivity contribution in [2.75, 3.05) is 7.11 Å². The van der Waals surface area contributed by atoms with Crippen LogP contribution < -0.4 is 9.47 Å². The topological polar surface area (TPSA) is 67.9 Å². The summed E-state index contributed by atoms with van der Waals surface area (Å²) < 4.78 is 10.9. The molecule has 4 rings (SSSR count). The Balaban J connectivity index is 1.31. The number of hydrogen-bond donors (Lipinski definition) is 0. The van der Waals surface area contributed by atoms with Crippen molar-refractivity contribution in [2.45, 2.75) is 6.61 Å². The molecular formula is C26H22N4O2. The molecule has 4 aromatic carbocycles. The van der Waals surface area contributed by atoms with Crippen molar-refractivity contribution in [3.05, 3.63) is 109 Å². The summed E-state index contributed by atoms with van der Waals surface area (Å²) in [5.41, 5.74) is 4.10. The molecule has 0 unspecified atom stereocenters. The van der Waals surface area contributed by atoms with Crippen LogP contribution in [0.1, 0.15) is 5.56 Å². The lowest BCUT2D eigenvalue weighted by atomic mass is 10.2. The number of ether oxygens (including phenoxy) is 2. The molecule has 158 valence electrons. The Hall–Kier alpha value is -4.32. The van der Waals surface area contributed by atoms with Crippen LogP contribution in [-0.2, 0) is 6.61 Å². The summed E-state index contributed by atoms with van der Waals surface area (Å²) in [4.78, 5) is 0. The molecule has 0 bridgehead atoms. The van der Waals surface area contributed by atoms with Crippen molar-refractivity contribution in [3.8, 4) is 11.5 Å². The van der Waals surface area contributed by atoms with E-state index in [0.717, 1.165) is 39.8 Å². The van der Waals surface area contributed by atoms with E-state index in [9.17, 15) is 0 Å². The van der Waals surface area contributed by atoms with Crippen LogP contribution in [0.3, 0.4) is 0 Å². The summed E-state index contributed by atoms with van der Waals surface area (Å²) in [6.07, 6.45) is 0.